The number of aliphatic hydroxyl groups is 2. The van der Waals surface area contributed by atoms with Gasteiger partial charge in [0.2, 0.25) is 5.78 Å². The van der Waals surface area contributed by atoms with Crippen molar-refractivity contribution in [2.24, 2.45) is 40.4 Å². The van der Waals surface area contributed by atoms with E-state index in [-0.39, 0.29) is 40.8 Å². The molecule has 3 fully saturated rings. The van der Waals surface area contributed by atoms with E-state index in [2.05, 4.69) is 6.92 Å². The lowest BCUT2D eigenvalue weighted by molar-refractivity contribution is -0.194. The molecule has 6 heteroatoms. The number of esters is 1. The van der Waals surface area contributed by atoms with Crippen molar-refractivity contribution in [3.05, 3.63) is 12.2 Å². The van der Waals surface area contributed by atoms with Crippen molar-refractivity contribution < 1.29 is 29.3 Å². The minimum Gasteiger partial charge on any atom is -0.458 e. The molecule has 166 valence electrons. The Morgan fingerprint density at radius 3 is 2.63 bits per heavy atom. The van der Waals surface area contributed by atoms with Crippen LogP contribution in [0.4, 0.5) is 0 Å². The fourth-order valence-electron chi connectivity index (χ4n) is 7.96. The van der Waals surface area contributed by atoms with Crippen molar-refractivity contribution >= 4 is 17.5 Å². The first-order valence-electron chi connectivity index (χ1n) is 11.2. The van der Waals surface area contributed by atoms with Crippen molar-refractivity contribution in [2.45, 2.75) is 71.5 Å². The average molecular weight is 419 g/mol. The van der Waals surface area contributed by atoms with Gasteiger partial charge in [0, 0.05) is 18.8 Å². The van der Waals surface area contributed by atoms with Crippen LogP contribution < -0.4 is 0 Å². The number of carbonyl (C=O) groups excluding carboxylic acids is 3. The zero-order valence-electron chi connectivity index (χ0n) is 18.4. The van der Waals surface area contributed by atoms with Gasteiger partial charge < -0.3 is 14.9 Å². The van der Waals surface area contributed by atoms with E-state index in [9.17, 15) is 24.6 Å². The van der Waals surface area contributed by atoms with E-state index in [1.54, 1.807) is 6.08 Å². The number of hydrogen-bond acceptors (Lipinski definition) is 6. The lowest BCUT2D eigenvalue weighted by Crippen LogP contribution is -2.63. The van der Waals surface area contributed by atoms with Gasteiger partial charge >= 0.3 is 5.97 Å². The van der Waals surface area contributed by atoms with Gasteiger partial charge in [0.25, 0.3) is 0 Å². The largest absolute Gasteiger partial charge is 0.458 e. The third kappa shape index (κ3) is 2.79. The van der Waals surface area contributed by atoms with Gasteiger partial charge in [0.15, 0.2) is 12.4 Å². The Morgan fingerprint density at radius 1 is 1.27 bits per heavy atom. The molecule has 4 rings (SSSR count). The molecular weight excluding hydrogens is 384 g/mol. The van der Waals surface area contributed by atoms with E-state index in [0.29, 0.717) is 19.3 Å². The first kappa shape index (κ1) is 21.7. The molecule has 6 nitrogen and oxygen atoms in total. The molecule has 0 bridgehead atoms. The predicted molar refractivity (Wildman–Crippen MR) is 109 cm³/mol. The van der Waals surface area contributed by atoms with Gasteiger partial charge in [0.05, 0.1) is 6.10 Å². The Morgan fingerprint density at radius 2 is 1.97 bits per heavy atom. The van der Waals surface area contributed by atoms with E-state index in [0.717, 1.165) is 12.8 Å². The molecule has 4 aliphatic rings. The van der Waals surface area contributed by atoms with Crippen molar-refractivity contribution in [2.75, 3.05) is 6.61 Å². The Bertz CT molecular complexity index is 804. The van der Waals surface area contributed by atoms with Crippen LogP contribution in [0, 0.1) is 40.4 Å². The smallest absolute Gasteiger partial charge is 0.303 e. The molecule has 0 saturated heterocycles. The van der Waals surface area contributed by atoms with E-state index in [4.69, 9.17) is 4.74 Å². The van der Waals surface area contributed by atoms with E-state index >= 15 is 0 Å². The van der Waals surface area contributed by atoms with Gasteiger partial charge in [-0.1, -0.05) is 26.8 Å². The molecule has 0 radical (unpaired) electrons. The Kier molecular flexibility index (Phi) is 5.06. The molecule has 9 atom stereocenters. The Balaban J connectivity index is 1.69. The molecule has 0 aromatic rings. The number of ether oxygens (including phenoxy) is 1. The summed E-state index contributed by atoms with van der Waals surface area (Å²) >= 11 is 0. The summed E-state index contributed by atoms with van der Waals surface area (Å²) in [6.07, 6.45) is 6.40. The number of rotatable bonds is 3. The van der Waals surface area contributed by atoms with Gasteiger partial charge in [0.1, 0.15) is 5.60 Å². The summed E-state index contributed by atoms with van der Waals surface area (Å²) < 4.78 is 4.93. The highest BCUT2D eigenvalue weighted by Gasteiger charge is 2.70. The summed E-state index contributed by atoms with van der Waals surface area (Å²) in [5.74, 6) is -0.625. The van der Waals surface area contributed by atoms with Crippen LogP contribution in [-0.2, 0) is 19.1 Å². The van der Waals surface area contributed by atoms with Crippen molar-refractivity contribution in [1.29, 1.82) is 0 Å². The van der Waals surface area contributed by atoms with Crippen LogP contribution in [0.25, 0.3) is 0 Å². The number of hydrogen-bond donors (Lipinski definition) is 2. The molecule has 4 aliphatic carbocycles. The number of allylic oxidation sites excluding steroid dienone is 2. The molecule has 0 aliphatic heterocycles. The summed E-state index contributed by atoms with van der Waals surface area (Å²) in [5, 5.41) is 23.1. The quantitative estimate of drug-likeness (QED) is 0.683. The second-order valence-corrected chi connectivity index (χ2v) is 10.7. The van der Waals surface area contributed by atoms with Crippen LogP contribution in [0.3, 0.4) is 0 Å². The number of ketones is 2. The third-order valence-electron chi connectivity index (χ3n) is 9.39. The first-order valence-corrected chi connectivity index (χ1v) is 11.2. The summed E-state index contributed by atoms with van der Waals surface area (Å²) in [5.41, 5.74) is -2.65. The molecule has 2 N–H and O–H groups in total. The normalized spacial score (nSPS) is 49.7. The second-order valence-electron chi connectivity index (χ2n) is 10.7. The Hall–Kier alpha value is -1.53. The lowest BCUT2D eigenvalue weighted by Gasteiger charge is -2.61. The maximum Gasteiger partial charge on any atom is 0.303 e. The van der Waals surface area contributed by atoms with E-state index in [1.807, 2.05) is 19.9 Å². The highest BCUT2D eigenvalue weighted by atomic mass is 16.5. The Labute approximate surface area is 178 Å². The third-order valence-corrected chi connectivity index (χ3v) is 9.39. The molecule has 0 heterocycles. The van der Waals surface area contributed by atoms with Crippen molar-refractivity contribution in [3.8, 4) is 0 Å². The van der Waals surface area contributed by atoms with Crippen LogP contribution >= 0.6 is 0 Å². The monoisotopic (exact) mass is 418 g/mol. The van der Waals surface area contributed by atoms with Gasteiger partial charge in [-0.2, -0.15) is 0 Å². The molecular formula is C24H34O6. The lowest BCUT2D eigenvalue weighted by atomic mass is 9.44. The number of fused-ring (bicyclic) bond motifs is 5. The fourth-order valence-corrected chi connectivity index (χ4v) is 7.96. The zero-order valence-corrected chi connectivity index (χ0v) is 18.4. The van der Waals surface area contributed by atoms with Crippen LogP contribution in [0.2, 0.25) is 0 Å². The highest BCUT2D eigenvalue weighted by molar-refractivity contribution is 5.92. The molecule has 30 heavy (non-hydrogen) atoms. The van der Waals surface area contributed by atoms with Gasteiger partial charge in [-0.15, -0.1) is 0 Å². The minimum atomic E-state index is -1.63. The first-order chi connectivity index (χ1) is 13.9. The molecule has 0 aromatic carbocycles. The maximum atomic E-state index is 13.1. The minimum absolute atomic E-state index is 0.0109. The number of carbonyl (C=O) groups is 3. The van der Waals surface area contributed by atoms with Crippen molar-refractivity contribution in [1.82, 2.24) is 0 Å². The van der Waals surface area contributed by atoms with E-state index in [1.165, 1.54) is 6.92 Å². The summed E-state index contributed by atoms with van der Waals surface area (Å²) in [7, 11) is 0. The standard InChI is InChI=1S/C24H34O6/c1-13-9-18-17-6-5-15-10-16(26)7-8-22(15,3)21(17)19(27)11-23(18,4)24(13,29)20(28)12-30-14(2)25/h7-8,13,15,17-19,21,27,29H,5-6,9-12H2,1-4H3. The number of aliphatic hydroxyl groups excluding tert-OH is 1. The molecule has 0 aromatic heterocycles. The summed E-state index contributed by atoms with van der Waals surface area (Å²) in [6.45, 7) is 6.80. The molecule has 3 saturated carbocycles. The SMILES string of the molecule is CC(=O)OCC(=O)C1(O)C(C)CC2C3CCC4CC(=O)C=CC4(C)C3C(O)CC21C. The summed E-state index contributed by atoms with van der Waals surface area (Å²) in [6, 6.07) is 0. The zero-order chi connectivity index (χ0) is 22.1. The van der Waals surface area contributed by atoms with E-state index < -0.39 is 35.5 Å². The molecule has 9 unspecified atom stereocenters. The second kappa shape index (κ2) is 6.99. The van der Waals surface area contributed by atoms with Crippen LogP contribution in [0.1, 0.15) is 59.8 Å². The summed E-state index contributed by atoms with van der Waals surface area (Å²) in [4.78, 5) is 36.3. The highest BCUT2D eigenvalue weighted by Crippen LogP contribution is 2.68. The molecule has 0 amide bonds. The average Bonchev–Trinajstić information content (AvgIpc) is 2.87. The predicted octanol–water partition coefficient (Wildman–Crippen LogP) is 2.45. The van der Waals surface area contributed by atoms with Gasteiger partial charge in [-0.25, -0.2) is 0 Å². The van der Waals surface area contributed by atoms with Gasteiger partial charge in [-0.3, -0.25) is 14.4 Å². The fraction of sp³-hybridized carbons (Fsp3) is 0.792. The number of Topliss-reactive ketones (excluding diaryl/α,β-unsaturated/α-hetero) is 1. The maximum absolute atomic E-state index is 13.1. The molecule has 0 spiro atoms. The van der Waals surface area contributed by atoms with Crippen LogP contribution in [0.15, 0.2) is 12.2 Å². The van der Waals surface area contributed by atoms with Gasteiger partial charge in [-0.05, 0) is 66.8 Å². The van der Waals surface area contributed by atoms with Crippen LogP contribution in [0.5, 0.6) is 0 Å². The topological polar surface area (TPSA) is 101 Å². The van der Waals surface area contributed by atoms with Crippen LogP contribution in [-0.4, -0.2) is 46.1 Å². The van der Waals surface area contributed by atoms with Crippen molar-refractivity contribution in [3.63, 3.8) is 0 Å².